The molecule has 2 unspecified atom stereocenters. The molecule has 1 saturated carbocycles. The van der Waals surface area contributed by atoms with E-state index < -0.39 is 0 Å². The van der Waals surface area contributed by atoms with E-state index in [1.54, 1.807) is 13.4 Å². The van der Waals surface area contributed by atoms with Crippen LogP contribution in [-0.4, -0.2) is 30.2 Å². The molecule has 4 nitrogen and oxygen atoms in total. The number of hydrogen-bond donors (Lipinski definition) is 1. The van der Waals surface area contributed by atoms with Crippen molar-refractivity contribution in [3.63, 3.8) is 0 Å². The second-order valence-electron chi connectivity index (χ2n) is 6.49. The van der Waals surface area contributed by atoms with Crippen LogP contribution in [0.4, 0.5) is 0 Å². The fraction of sp³-hybridized carbons (Fsp3) is 0.750. The third-order valence-electron chi connectivity index (χ3n) is 4.78. The lowest BCUT2D eigenvalue weighted by molar-refractivity contribution is 0.101. The Morgan fingerprint density at radius 2 is 2.20 bits per heavy atom. The second kappa shape index (κ2) is 6.53. The molecule has 1 aliphatic carbocycles. The average molecular weight is 277 g/mol. The lowest BCUT2D eigenvalue weighted by atomic mass is 9.65. The molecular weight excluding hydrogens is 250 g/mol. The molecule has 1 aliphatic rings. The summed E-state index contributed by atoms with van der Waals surface area (Å²) in [5.74, 6) is 1.34. The zero-order chi connectivity index (χ0) is 14.6. The van der Waals surface area contributed by atoms with Gasteiger partial charge in [0, 0.05) is 24.2 Å². The van der Waals surface area contributed by atoms with Gasteiger partial charge in [0.2, 0.25) is 5.88 Å². The van der Waals surface area contributed by atoms with Crippen molar-refractivity contribution >= 4 is 0 Å². The molecule has 2 rings (SSSR count). The minimum absolute atomic E-state index is 0.406. The molecule has 1 fully saturated rings. The Morgan fingerprint density at radius 1 is 1.40 bits per heavy atom. The van der Waals surface area contributed by atoms with Crippen molar-refractivity contribution in [3.05, 3.63) is 18.1 Å². The molecule has 1 aromatic rings. The molecule has 4 heteroatoms. The van der Waals surface area contributed by atoms with Gasteiger partial charge >= 0.3 is 0 Å². The summed E-state index contributed by atoms with van der Waals surface area (Å²) in [6.45, 7) is 4.81. The fourth-order valence-corrected chi connectivity index (χ4v) is 3.54. The molecule has 1 aromatic heterocycles. The van der Waals surface area contributed by atoms with Crippen LogP contribution in [-0.2, 0) is 6.42 Å². The highest BCUT2D eigenvalue weighted by Gasteiger charge is 2.37. The molecule has 112 valence electrons. The largest absolute Gasteiger partial charge is 0.481 e. The number of methoxy groups -OCH3 is 1. The summed E-state index contributed by atoms with van der Waals surface area (Å²) < 4.78 is 5.18. The summed E-state index contributed by atoms with van der Waals surface area (Å²) in [5.41, 5.74) is 1.46. The van der Waals surface area contributed by atoms with E-state index in [0.717, 1.165) is 12.1 Å². The van der Waals surface area contributed by atoms with E-state index in [1.807, 2.05) is 6.07 Å². The number of aromatic nitrogens is 2. The van der Waals surface area contributed by atoms with Crippen molar-refractivity contribution in [2.24, 2.45) is 11.3 Å². The maximum Gasteiger partial charge on any atom is 0.216 e. The normalized spacial score (nSPS) is 23.3. The van der Waals surface area contributed by atoms with Crippen LogP contribution >= 0.6 is 0 Å². The quantitative estimate of drug-likeness (QED) is 0.899. The Bertz CT molecular complexity index is 433. The molecule has 0 aliphatic heterocycles. The fourth-order valence-electron chi connectivity index (χ4n) is 3.54. The molecule has 20 heavy (non-hydrogen) atoms. The molecule has 2 atom stereocenters. The van der Waals surface area contributed by atoms with Crippen LogP contribution in [0.2, 0.25) is 0 Å². The summed E-state index contributed by atoms with van der Waals surface area (Å²) in [6.07, 6.45) is 7.86. The van der Waals surface area contributed by atoms with E-state index in [1.165, 1.54) is 25.7 Å². The smallest absolute Gasteiger partial charge is 0.216 e. The van der Waals surface area contributed by atoms with Crippen molar-refractivity contribution in [2.45, 2.75) is 52.0 Å². The van der Waals surface area contributed by atoms with Gasteiger partial charge in [0.25, 0.3) is 0 Å². The predicted octanol–water partition coefficient (Wildman–Crippen LogP) is 2.83. The average Bonchev–Trinajstić information content (AvgIpc) is 2.45. The van der Waals surface area contributed by atoms with Gasteiger partial charge in [-0.05, 0) is 31.2 Å². The van der Waals surface area contributed by atoms with Gasteiger partial charge in [-0.3, -0.25) is 0 Å². The van der Waals surface area contributed by atoms with Crippen LogP contribution in [0.25, 0.3) is 0 Å². The molecule has 0 saturated heterocycles. The molecule has 1 heterocycles. The maximum atomic E-state index is 5.18. The van der Waals surface area contributed by atoms with E-state index >= 15 is 0 Å². The lowest BCUT2D eigenvalue weighted by Gasteiger charge is -2.43. The summed E-state index contributed by atoms with van der Waals surface area (Å²) in [4.78, 5) is 8.46. The number of likely N-dealkylation sites (N-methyl/N-ethyl adjacent to an activating group) is 1. The van der Waals surface area contributed by atoms with Crippen molar-refractivity contribution < 1.29 is 4.74 Å². The topological polar surface area (TPSA) is 47.0 Å². The Hall–Kier alpha value is -1.16. The summed E-state index contributed by atoms with van der Waals surface area (Å²) in [5, 5.41) is 3.51. The van der Waals surface area contributed by atoms with E-state index in [-0.39, 0.29) is 0 Å². The van der Waals surface area contributed by atoms with Crippen LogP contribution in [0.3, 0.4) is 0 Å². The first-order chi connectivity index (χ1) is 9.56. The highest BCUT2D eigenvalue weighted by Crippen LogP contribution is 2.42. The number of hydrogen-bond acceptors (Lipinski definition) is 4. The zero-order valence-electron chi connectivity index (χ0n) is 13.1. The van der Waals surface area contributed by atoms with Crippen LogP contribution in [0.5, 0.6) is 5.88 Å². The van der Waals surface area contributed by atoms with Crippen LogP contribution < -0.4 is 10.1 Å². The molecule has 0 bridgehead atoms. The van der Waals surface area contributed by atoms with Gasteiger partial charge in [0.15, 0.2) is 0 Å². The summed E-state index contributed by atoms with van der Waals surface area (Å²) in [7, 11) is 3.71. The van der Waals surface area contributed by atoms with Gasteiger partial charge in [0.05, 0.1) is 7.11 Å². The van der Waals surface area contributed by atoms with Crippen molar-refractivity contribution in [1.29, 1.82) is 0 Å². The van der Waals surface area contributed by atoms with Gasteiger partial charge in [-0.1, -0.05) is 26.7 Å². The van der Waals surface area contributed by atoms with Gasteiger partial charge in [0.1, 0.15) is 6.33 Å². The van der Waals surface area contributed by atoms with Gasteiger partial charge in [-0.2, -0.15) is 0 Å². The maximum absolute atomic E-state index is 5.18. The van der Waals surface area contributed by atoms with Crippen LogP contribution in [0.1, 0.15) is 45.2 Å². The Kier molecular flexibility index (Phi) is 4.97. The number of rotatable bonds is 5. The molecule has 0 aromatic carbocycles. The van der Waals surface area contributed by atoms with Gasteiger partial charge < -0.3 is 10.1 Å². The summed E-state index contributed by atoms with van der Waals surface area (Å²) >= 11 is 0. The third-order valence-corrected chi connectivity index (χ3v) is 4.78. The van der Waals surface area contributed by atoms with Crippen LogP contribution in [0, 0.1) is 11.3 Å². The number of nitrogens with one attached hydrogen (secondary N) is 1. The van der Waals surface area contributed by atoms with Crippen molar-refractivity contribution in [3.8, 4) is 5.88 Å². The Morgan fingerprint density at radius 3 is 2.85 bits per heavy atom. The van der Waals surface area contributed by atoms with Crippen molar-refractivity contribution in [1.82, 2.24) is 15.3 Å². The van der Waals surface area contributed by atoms with Gasteiger partial charge in [-0.25, -0.2) is 9.97 Å². The molecular formula is C16H27N3O. The Labute approximate surface area is 122 Å². The third kappa shape index (κ3) is 3.48. The minimum atomic E-state index is 0.406. The first-order valence-corrected chi connectivity index (χ1v) is 7.59. The van der Waals surface area contributed by atoms with Crippen LogP contribution in [0.15, 0.2) is 12.4 Å². The SMILES string of the molecule is CNC(Cc1cc(OC)ncn1)C1CCCCC1(C)C. The second-order valence-corrected chi connectivity index (χ2v) is 6.49. The minimum Gasteiger partial charge on any atom is -0.481 e. The first-order valence-electron chi connectivity index (χ1n) is 7.59. The molecule has 1 N–H and O–H groups in total. The predicted molar refractivity (Wildman–Crippen MR) is 80.9 cm³/mol. The Balaban J connectivity index is 2.11. The number of nitrogens with zero attached hydrogens (tertiary/aromatic N) is 2. The lowest BCUT2D eigenvalue weighted by Crippen LogP contribution is -2.44. The standard InChI is InChI=1S/C16H27N3O/c1-16(2)8-6-5-7-13(16)14(17-3)9-12-10-15(20-4)19-11-18-12/h10-11,13-14,17H,5-9H2,1-4H3. The molecule has 0 radical (unpaired) electrons. The highest BCUT2D eigenvalue weighted by atomic mass is 16.5. The number of ether oxygens (including phenoxy) is 1. The first kappa shape index (κ1) is 15.2. The van der Waals surface area contributed by atoms with E-state index in [0.29, 0.717) is 23.3 Å². The van der Waals surface area contributed by atoms with Gasteiger partial charge in [-0.15, -0.1) is 0 Å². The zero-order valence-corrected chi connectivity index (χ0v) is 13.1. The van der Waals surface area contributed by atoms with E-state index in [2.05, 4.69) is 36.2 Å². The molecule has 0 spiro atoms. The van der Waals surface area contributed by atoms with E-state index in [9.17, 15) is 0 Å². The monoisotopic (exact) mass is 277 g/mol. The summed E-state index contributed by atoms with van der Waals surface area (Å²) in [6, 6.07) is 2.41. The van der Waals surface area contributed by atoms with E-state index in [4.69, 9.17) is 4.74 Å². The van der Waals surface area contributed by atoms with Crippen molar-refractivity contribution in [2.75, 3.05) is 14.2 Å². The molecule has 0 amide bonds. The highest BCUT2D eigenvalue weighted by molar-refractivity contribution is 5.14.